The highest BCUT2D eigenvalue weighted by Crippen LogP contribution is 2.39. The van der Waals surface area contributed by atoms with E-state index in [-0.39, 0.29) is 5.43 Å². The number of hydrogen-bond acceptors (Lipinski definition) is 6. The van der Waals surface area contributed by atoms with E-state index in [1.807, 2.05) is 37.4 Å². The van der Waals surface area contributed by atoms with Gasteiger partial charge in [0.2, 0.25) is 5.43 Å². The number of H-pyrrole nitrogens is 1. The molecule has 0 amide bonds. The number of pyridine rings is 2. The summed E-state index contributed by atoms with van der Waals surface area (Å²) in [5.41, 5.74) is 4.94. The van der Waals surface area contributed by atoms with Crippen LogP contribution in [0.2, 0.25) is 0 Å². The maximum Gasteiger partial charge on any atom is 0.212 e. The lowest BCUT2D eigenvalue weighted by Gasteiger charge is -2.10. The fraction of sp³-hybridized carbons (Fsp3) is 0.174. The molecule has 1 aromatic carbocycles. The minimum Gasteiger partial charge on any atom is -0.344 e. The van der Waals surface area contributed by atoms with Crippen LogP contribution in [0.5, 0.6) is 0 Å². The summed E-state index contributed by atoms with van der Waals surface area (Å²) in [6, 6.07) is 9.95. The summed E-state index contributed by atoms with van der Waals surface area (Å²) in [5.74, 6) is 0.346. The predicted molar refractivity (Wildman–Crippen MR) is 119 cm³/mol. The lowest BCUT2D eigenvalue weighted by atomic mass is 10.1. The number of benzene rings is 1. The third kappa shape index (κ3) is 2.81. The third-order valence-corrected chi connectivity index (χ3v) is 6.41. The van der Waals surface area contributed by atoms with Crippen LogP contribution in [0.4, 0.5) is 0 Å². The Morgan fingerprint density at radius 2 is 2.00 bits per heavy atom. The molecule has 30 heavy (non-hydrogen) atoms. The summed E-state index contributed by atoms with van der Waals surface area (Å²) in [4.78, 5) is 35.7. The van der Waals surface area contributed by atoms with Crippen molar-refractivity contribution in [1.29, 1.82) is 0 Å². The highest BCUT2D eigenvalue weighted by molar-refractivity contribution is 7.15. The topological polar surface area (TPSA) is 84.4 Å². The number of aromatic nitrogens is 5. The predicted octanol–water partition coefficient (Wildman–Crippen LogP) is 4.84. The third-order valence-electron chi connectivity index (χ3n) is 5.49. The molecule has 0 atom stereocenters. The van der Waals surface area contributed by atoms with E-state index >= 15 is 0 Å². The van der Waals surface area contributed by atoms with Gasteiger partial charge in [0, 0.05) is 35.1 Å². The van der Waals surface area contributed by atoms with Gasteiger partial charge in [0.05, 0.1) is 21.1 Å². The van der Waals surface area contributed by atoms with E-state index in [1.165, 1.54) is 0 Å². The Morgan fingerprint density at radius 3 is 2.80 bits per heavy atom. The molecule has 6 nitrogen and oxygen atoms in total. The first-order valence-corrected chi connectivity index (χ1v) is 10.7. The molecule has 7 heteroatoms. The van der Waals surface area contributed by atoms with Crippen molar-refractivity contribution in [1.82, 2.24) is 24.9 Å². The quantitative estimate of drug-likeness (QED) is 0.459. The highest BCUT2D eigenvalue weighted by Gasteiger charge is 2.28. The zero-order valence-electron chi connectivity index (χ0n) is 16.2. The molecule has 1 fully saturated rings. The van der Waals surface area contributed by atoms with Gasteiger partial charge < -0.3 is 4.98 Å². The number of nitrogens with zero attached hydrogens (tertiary/aromatic N) is 4. The van der Waals surface area contributed by atoms with Gasteiger partial charge in [-0.15, -0.1) is 11.3 Å². The molecule has 0 bridgehead atoms. The van der Waals surface area contributed by atoms with Gasteiger partial charge in [-0.3, -0.25) is 9.78 Å². The lowest BCUT2D eigenvalue weighted by Crippen LogP contribution is -2.12. The fourth-order valence-electron chi connectivity index (χ4n) is 3.81. The van der Waals surface area contributed by atoms with E-state index in [2.05, 4.69) is 21.0 Å². The standard InChI is InChI=1S/C23H17N5OS/c1-12-25-11-18(30-12)20-19(15-6-7-17-14(9-15)3-2-8-24-17)27-21-22(29)16(13-4-5-13)10-26-23(21)28-20/h2-3,6-11,13H,4-5H2,1H3,(H,26,28,29). The van der Waals surface area contributed by atoms with Gasteiger partial charge in [0.1, 0.15) is 5.69 Å². The molecule has 1 N–H and O–H groups in total. The number of aryl methyl sites for hydroxylation is 1. The van der Waals surface area contributed by atoms with Crippen LogP contribution < -0.4 is 5.43 Å². The van der Waals surface area contributed by atoms with Gasteiger partial charge in [-0.05, 0) is 43.9 Å². The van der Waals surface area contributed by atoms with Gasteiger partial charge in [-0.2, -0.15) is 0 Å². The van der Waals surface area contributed by atoms with Crippen molar-refractivity contribution >= 4 is 33.4 Å². The van der Waals surface area contributed by atoms with E-state index in [4.69, 9.17) is 9.97 Å². The first-order chi connectivity index (χ1) is 14.7. The maximum atomic E-state index is 13.1. The molecular formula is C23H17N5OS. The Balaban J connectivity index is 1.65. The second-order valence-corrected chi connectivity index (χ2v) is 8.85. The lowest BCUT2D eigenvalue weighted by molar-refractivity contribution is 1.07. The molecule has 1 aliphatic rings. The number of rotatable bonds is 3. The van der Waals surface area contributed by atoms with Gasteiger partial charge >= 0.3 is 0 Å². The number of fused-ring (bicyclic) bond motifs is 2. The normalized spacial score (nSPS) is 13.9. The first kappa shape index (κ1) is 17.4. The smallest absolute Gasteiger partial charge is 0.212 e. The fourth-order valence-corrected chi connectivity index (χ4v) is 4.58. The maximum absolute atomic E-state index is 13.1. The van der Waals surface area contributed by atoms with Crippen LogP contribution in [-0.4, -0.2) is 24.9 Å². The Morgan fingerprint density at radius 1 is 1.10 bits per heavy atom. The second kappa shape index (κ2) is 6.53. The van der Waals surface area contributed by atoms with E-state index in [0.717, 1.165) is 50.5 Å². The zero-order valence-corrected chi connectivity index (χ0v) is 17.0. The Kier molecular flexibility index (Phi) is 3.79. The summed E-state index contributed by atoms with van der Waals surface area (Å²) in [5, 5.41) is 1.97. The van der Waals surface area contributed by atoms with E-state index < -0.39 is 0 Å². The number of aromatic amines is 1. The number of thiazole rings is 1. The minimum atomic E-state index is -0.0190. The van der Waals surface area contributed by atoms with Crippen molar-refractivity contribution in [3.05, 3.63) is 69.7 Å². The molecule has 4 heterocycles. The average molecular weight is 411 g/mol. The van der Waals surface area contributed by atoms with Gasteiger partial charge in [-0.1, -0.05) is 12.1 Å². The van der Waals surface area contributed by atoms with Crippen LogP contribution in [-0.2, 0) is 0 Å². The van der Waals surface area contributed by atoms with Crippen molar-refractivity contribution in [2.24, 2.45) is 0 Å². The summed E-state index contributed by atoms with van der Waals surface area (Å²) >= 11 is 1.57. The minimum absolute atomic E-state index is 0.0190. The van der Waals surface area contributed by atoms with Crippen molar-refractivity contribution in [2.45, 2.75) is 25.7 Å². The van der Waals surface area contributed by atoms with E-state index in [1.54, 1.807) is 23.7 Å². The number of nitrogens with one attached hydrogen (secondary N) is 1. The Bertz CT molecular complexity index is 1500. The molecule has 146 valence electrons. The number of hydrogen-bond donors (Lipinski definition) is 1. The average Bonchev–Trinajstić information content (AvgIpc) is 3.52. The van der Waals surface area contributed by atoms with Crippen LogP contribution in [0.25, 0.3) is 43.9 Å². The molecule has 0 radical (unpaired) electrons. The van der Waals surface area contributed by atoms with Crippen LogP contribution >= 0.6 is 11.3 Å². The Hall–Kier alpha value is -3.45. The van der Waals surface area contributed by atoms with Crippen LogP contribution in [0.3, 0.4) is 0 Å². The SMILES string of the molecule is Cc1ncc(-c2nc3[nH]cc(C4CC4)c(=O)c3nc2-c2ccc3ncccc3c2)s1. The van der Waals surface area contributed by atoms with Gasteiger partial charge in [0.15, 0.2) is 11.2 Å². The largest absolute Gasteiger partial charge is 0.344 e. The molecular weight excluding hydrogens is 394 g/mol. The molecule has 4 aromatic heterocycles. The van der Waals surface area contributed by atoms with E-state index in [9.17, 15) is 4.79 Å². The van der Waals surface area contributed by atoms with Crippen molar-refractivity contribution < 1.29 is 0 Å². The molecule has 5 aromatic rings. The molecule has 6 rings (SSSR count). The van der Waals surface area contributed by atoms with Crippen LogP contribution in [0.1, 0.15) is 29.3 Å². The summed E-state index contributed by atoms with van der Waals surface area (Å²) in [6.07, 6.45) is 7.52. The highest BCUT2D eigenvalue weighted by atomic mass is 32.1. The zero-order chi connectivity index (χ0) is 20.2. The molecule has 0 aliphatic heterocycles. The van der Waals surface area contributed by atoms with Crippen molar-refractivity contribution in [3.63, 3.8) is 0 Å². The molecule has 1 saturated carbocycles. The van der Waals surface area contributed by atoms with Crippen molar-refractivity contribution in [2.75, 3.05) is 0 Å². The van der Waals surface area contributed by atoms with E-state index in [0.29, 0.717) is 22.8 Å². The summed E-state index contributed by atoms with van der Waals surface area (Å²) in [6.45, 7) is 1.97. The first-order valence-electron chi connectivity index (χ1n) is 9.88. The summed E-state index contributed by atoms with van der Waals surface area (Å²) < 4.78 is 0. The van der Waals surface area contributed by atoms with Crippen LogP contribution in [0.15, 0.2) is 53.7 Å². The monoisotopic (exact) mass is 411 g/mol. The molecule has 0 saturated heterocycles. The van der Waals surface area contributed by atoms with Crippen LogP contribution in [0, 0.1) is 6.92 Å². The second-order valence-electron chi connectivity index (χ2n) is 7.62. The molecule has 0 spiro atoms. The van der Waals surface area contributed by atoms with Gasteiger partial charge in [0.25, 0.3) is 0 Å². The summed E-state index contributed by atoms with van der Waals surface area (Å²) in [7, 11) is 0. The molecule has 1 aliphatic carbocycles. The Labute approximate surface area is 175 Å². The van der Waals surface area contributed by atoms with Gasteiger partial charge in [-0.25, -0.2) is 15.0 Å². The molecule has 0 unspecified atom stereocenters. The van der Waals surface area contributed by atoms with Crippen molar-refractivity contribution in [3.8, 4) is 21.8 Å².